The van der Waals surface area contributed by atoms with Gasteiger partial charge in [0.2, 0.25) is 5.91 Å². The van der Waals surface area contributed by atoms with E-state index in [9.17, 15) is 9.59 Å². The van der Waals surface area contributed by atoms with Crippen molar-refractivity contribution < 1.29 is 4.79 Å². The van der Waals surface area contributed by atoms with E-state index in [0.29, 0.717) is 27.2 Å². The fourth-order valence-electron chi connectivity index (χ4n) is 3.95. The van der Waals surface area contributed by atoms with E-state index in [4.69, 9.17) is 4.98 Å². The number of fused-ring (bicyclic) bond motifs is 1. The van der Waals surface area contributed by atoms with E-state index in [-0.39, 0.29) is 11.5 Å². The van der Waals surface area contributed by atoms with Crippen LogP contribution in [0.3, 0.4) is 0 Å². The molecule has 1 amide bonds. The van der Waals surface area contributed by atoms with Crippen molar-refractivity contribution in [2.45, 2.75) is 50.7 Å². The number of benzene rings is 1. The van der Waals surface area contributed by atoms with E-state index in [2.05, 4.69) is 6.92 Å². The minimum absolute atomic E-state index is 0.0741. The predicted molar refractivity (Wildman–Crippen MR) is 120 cm³/mol. The van der Waals surface area contributed by atoms with Crippen LogP contribution in [0, 0.1) is 6.92 Å². The summed E-state index contributed by atoms with van der Waals surface area (Å²) in [6, 6.07) is 10.0. The number of amides is 1. The molecule has 0 saturated carbocycles. The Labute approximate surface area is 178 Å². The molecule has 1 aliphatic heterocycles. The lowest BCUT2D eigenvalue weighted by Gasteiger charge is -2.35. The van der Waals surface area contributed by atoms with E-state index < -0.39 is 0 Å². The van der Waals surface area contributed by atoms with Crippen LogP contribution in [0.15, 0.2) is 45.7 Å². The van der Waals surface area contributed by atoms with Crippen molar-refractivity contribution in [3.8, 4) is 5.69 Å². The highest BCUT2D eigenvalue weighted by atomic mass is 32.2. The molecule has 0 N–H and O–H groups in total. The van der Waals surface area contributed by atoms with Crippen molar-refractivity contribution in [2.24, 2.45) is 0 Å². The molecule has 3 heterocycles. The summed E-state index contributed by atoms with van der Waals surface area (Å²) in [6.45, 7) is 4.98. The average Bonchev–Trinajstić information content (AvgIpc) is 3.21. The first kappa shape index (κ1) is 20.2. The Morgan fingerprint density at radius 1 is 1.31 bits per heavy atom. The van der Waals surface area contributed by atoms with Crippen LogP contribution in [0.5, 0.6) is 0 Å². The van der Waals surface area contributed by atoms with Crippen molar-refractivity contribution in [3.05, 3.63) is 51.6 Å². The van der Waals surface area contributed by atoms with Gasteiger partial charge in [-0.05, 0) is 61.7 Å². The summed E-state index contributed by atoms with van der Waals surface area (Å²) >= 11 is 2.77. The average molecular weight is 428 g/mol. The molecule has 1 aromatic carbocycles. The molecule has 1 atom stereocenters. The maximum absolute atomic E-state index is 13.2. The van der Waals surface area contributed by atoms with E-state index in [1.165, 1.54) is 29.5 Å². The van der Waals surface area contributed by atoms with E-state index in [1.807, 2.05) is 47.5 Å². The summed E-state index contributed by atoms with van der Waals surface area (Å²) in [4.78, 5) is 32.9. The van der Waals surface area contributed by atoms with Gasteiger partial charge in [0.15, 0.2) is 5.16 Å². The highest BCUT2D eigenvalue weighted by Gasteiger charge is 2.26. The summed E-state index contributed by atoms with van der Waals surface area (Å²) in [5.41, 5.74) is 2.49. The molecule has 7 heteroatoms. The van der Waals surface area contributed by atoms with Crippen molar-refractivity contribution in [3.63, 3.8) is 0 Å². The summed E-state index contributed by atoms with van der Waals surface area (Å²) in [6.07, 6.45) is 4.34. The monoisotopic (exact) mass is 427 g/mol. The summed E-state index contributed by atoms with van der Waals surface area (Å²) in [5, 5.41) is 2.46. The Kier molecular flexibility index (Phi) is 6.06. The van der Waals surface area contributed by atoms with Crippen LogP contribution in [0.2, 0.25) is 0 Å². The first-order chi connectivity index (χ1) is 14.1. The second-order valence-corrected chi connectivity index (χ2v) is 9.30. The van der Waals surface area contributed by atoms with Crippen LogP contribution in [0.1, 0.15) is 38.2 Å². The number of thioether (sulfide) groups is 1. The number of piperidine rings is 1. The van der Waals surface area contributed by atoms with Crippen LogP contribution in [0.25, 0.3) is 15.9 Å². The van der Waals surface area contributed by atoms with Crippen LogP contribution in [-0.4, -0.2) is 38.7 Å². The van der Waals surface area contributed by atoms with Gasteiger partial charge in [0.1, 0.15) is 4.70 Å². The number of rotatable bonds is 5. The quantitative estimate of drug-likeness (QED) is 0.440. The Balaban J connectivity index is 1.67. The molecule has 1 aliphatic rings. The fourth-order valence-corrected chi connectivity index (χ4v) is 5.60. The van der Waals surface area contributed by atoms with Crippen LogP contribution >= 0.6 is 23.1 Å². The lowest BCUT2D eigenvalue weighted by atomic mass is 10.0. The summed E-state index contributed by atoms with van der Waals surface area (Å²) in [7, 11) is 0. The number of thiophene rings is 1. The number of aryl methyl sites for hydroxylation is 1. The summed E-state index contributed by atoms with van der Waals surface area (Å²) < 4.78 is 2.29. The van der Waals surface area contributed by atoms with Crippen molar-refractivity contribution >= 4 is 39.2 Å². The van der Waals surface area contributed by atoms with E-state index >= 15 is 0 Å². The van der Waals surface area contributed by atoms with Crippen molar-refractivity contribution in [1.82, 2.24) is 14.5 Å². The number of likely N-dealkylation sites (tertiary alicyclic amines) is 1. The number of carbonyl (C=O) groups is 1. The van der Waals surface area contributed by atoms with Crippen LogP contribution in [-0.2, 0) is 4.79 Å². The van der Waals surface area contributed by atoms with E-state index in [1.54, 1.807) is 4.57 Å². The fraction of sp³-hybridized carbons (Fsp3) is 0.409. The van der Waals surface area contributed by atoms with Gasteiger partial charge in [0.25, 0.3) is 5.56 Å². The molecule has 0 bridgehead atoms. The molecule has 29 heavy (non-hydrogen) atoms. The lowest BCUT2D eigenvalue weighted by molar-refractivity contribution is -0.132. The van der Waals surface area contributed by atoms with Gasteiger partial charge in [-0.3, -0.25) is 14.2 Å². The Hall–Kier alpha value is -2.12. The van der Waals surface area contributed by atoms with Crippen LogP contribution < -0.4 is 5.56 Å². The smallest absolute Gasteiger partial charge is 0.276 e. The largest absolute Gasteiger partial charge is 0.339 e. The topological polar surface area (TPSA) is 55.2 Å². The third kappa shape index (κ3) is 4.12. The molecule has 3 aromatic rings. The van der Waals surface area contributed by atoms with Gasteiger partial charge < -0.3 is 4.90 Å². The SMILES string of the molecule is CC[C@@H]1CCCCN1C(=O)CSc1nc2ccsc2c(=O)n1-c1cccc(C)c1. The molecule has 2 aromatic heterocycles. The molecule has 1 saturated heterocycles. The molecule has 5 nitrogen and oxygen atoms in total. The second-order valence-electron chi connectivity index (χ2n) is 7.44. The number of nitrogens with zero attached hydrogens (tertiary/aromatic N) is 3. The zero-order valence-corrected chi connectivity index (χ0v) is 18.4. The molecule has 0 unspecified atom stereocenters. The molecule has 0 aliphatic carbocycles. The maximum atomic E-state index is 13.2. The lowest BCUT2D eigenvalue weighted by Crippen LogP contribution is -2.44. The number of hydrogen-bond acceptors (Lipinski definition) is 5. The molecule has 152 valence electrons. The Bertz CT molecular complexity index is 1090. The minimum Gasteiger partial charge on any atom is -0.339 e. The molecule has 0 radical (unpaired) electrons. The third-order valence-corrected chi connectivity index (χ3v) is 7.27. The molecular weight excluding hydrogens is 402 g/mol. The molecule has 1 fully saturated rings. The molecule has 0 spiro atoms. The predicted octanol–water partition coefficient (Wildman–Crippen LogP) is 4.64. The first-order valence-corrected chi connectivity index (χ1v) is 11.9. The van der Waals surface area contributed by atoms with Gasteiger partial charge in [0.05, 0.1) is 17.0 Å². The van der Waals surface area contributed by atoms with Gasteiger partial charge in [-0.25, -0.2) is 4.98 Å². The molecule has 4 rings (SSSR count). The Morgan fingerprint density at radius 3 is 2.97 bits per heavy atom. The van der Waals surface area contributed by atoms with Gasteiger partial charge in [0, 0.05) is 12.6 Å². The standard InChI is InChI=1S/C22H25N3O2S2/c1-3-16-8-4-5-11-24(16)19(26)14-29-22-23-18-10-12-28-20(18)21(27)25(22)17-9-6-7-15(2)13-17/h6-7,9-10,12-13,16H,3-5,8,11,14H2,1-2H3/t16-/m1/s1. The van der Waals surface area contributed by atoms with Gasteiger partial charge in [-0.1, -0.05) is 30.8 Å². The van der Waals surface area contributed by atoms with Crippen LogP contribution in [0.4, 0.5) is 0 Å². The number of aromatic nitrogens is 2. The second kappa shape index (κ2) is 8.71. The zero-order valence-electron chi connectivity index (χ0n) is 16.8. The third-order valence-electron chi connectivity index (χ3n) is 5.45. The van der Waals surface area contributed by atoms with E-state index in [0.717, 1.165) is 37.1 Å². The number of carbonyl (C=O) groups excluding carboxylic acids is 1. The summed E-state index contributed by atoms with van der Waals surface area (Å²) in [5.74, 6) is 0.432. The maximum Gasteiger partial charge on any atom is 0.276 e. The van der Waals surface area contributed by atoms with Crippen molar-refractivity contribution in [1.29, 1.82) is 0 Å². The Morgan fingerprint density at radius 2 is 2.17 bits per heavy atom. The highest BCUT2D eigenvalue weighted by molar-refractivity contribution is 7.99. The minimum atomic E-state index is -0.0741. The highest BCUT2D eigenvalue weighted by Crippen LogP contribution is 2.26. The van der Waals surface area contributed by atoms with Crippen molar-refractivity contribution in [2.75, 3.05) is 12.3 Å². The number of hydrogen-bond donors (Lipinski definition) is 0. The van der Waals surface area contributed by atoms with Gasteiger partial charge in [-0.2, -0.15) is 0 Å². The normalized spacial score (nSPS) is 17.0. The molecular formula is C22H25N3O2S2. The van der Waals surface area contributed by atoms with Gasteiger partial charge in [-0.15, -0.1) is 11.3 Å². The first-order valence-electron chi connectivity index (χ1n) is 10.1. The zero-order chi connectivity index (χ0) is 20.4. The van der Waals surface area contributed by atoms with Gasteiger partial charge >= 0.3 is 0 Å².